The zero-order chi connectivity index (χ0) is 13.1. The Morgan fingerprint density at radius 3 is 2.71 bits per heavy atom. The molecule has 0 aliphatic carbocycles. The van der Waals surface area contributed by atoms with Crippen LogP contribution in [0.4, 0.5) is 13.2 Å². The first-order valence-electron chi connectivity index (χ1n) is 4.69. The molecule has 0 saturated carbocycles. The number of halogens is 3. The lowest BCUT2D eigenvalue weighted by Gasteiger charge is -2.10. The fourth-order valence-corrected chi connectivity index (χ4v) is 1.17. The molecule has 1 N–H and O–H groups in total. The highest BCUT2D eigenvalue weighted by molar-refractivity contribution is 5.91. The molecule has 0 aliphatic heterocycles. The fourth-order valence-electron chi connectivity index (χ4n) is 1.17. The molecule has 17 heavy (non-hydrogen) atoms. The monoisotopic (exact) mass is 249 g/mol. The van der Waals surface area contributed by atoms with Crippen LogP contribution in [0, 0.1) is 6.92 Å². The molecule has 0 aliphatic rings. The first-order chi connectivity index (χ1) is 7.81. The van der Waals surface area contributed by atoms with Crippen LogP contribution >= 0.6 is 0 Å². The van der Waals surface area contributed by atoms with Gasteiger partial charge in [-0.25, -0.2) is 9.78 Å². The summed E-state index contributed by atoms with van der Waals surface area (Å²) >= 11 is 0. The van der Waals surface area contributed by atoms with Crippen molar-refractivity contribution in [2.75, 3.05) is 6.61 Å². The van der Waals surface area contributed by atoms with E-state index in [0.717, 1.165) is 0 Å². The second-order valence-electron chi connectivity index (χ2n) is 3.33. The molecular formula is C10H10F3NO3. The molecule has 0 aromatic carbocycles. The number of aryl methyl sites for hydroxylation is 1. The van der Waals surface area contributed by atoms with Crippen LogP contribution in [0.3, 0.4) is 0 Å². The van der Waals surface area contributed by atoms with Crippen LogP contribution in [0.2, 0.25) is 0 Å². The van der Waals surface area contributed by atoms with E-state index in [9.17, 15) is 18.0 Å². The standard InChI is InChI=1S/C10H10F3NO3/c1-6-2-4-14-8(7(6)9(15)16)17-5-3-10(11,12)13/h2,4H,3,5H2,1H3,(H,15,16). The lowest BCUT2D eigenvalue weighted by molar-refractivity contribution is -0.139. The molecule has 0 spiro atoms. The van der Waals surface area contributed by atoms with Gasteiger partial charge in [0.05, 0.1) is 13.0 Å². The molecule has 0 radical (unpaired) electrons. The van der Waals surface area contributed by atoms with Gasteiger partial charge >= 0.3 is 12.1 Å². The van der Waals surface area contributed by atoms with Crippen LogP contribution in [0.15, 0.2) is 12.3 Å². The molecule has 0 atom stereocenters. The van der Waals surface area contributed by atoms with Gasteiger partial charge in [0.2, 0.25) is 5.88 Å². The molecule has 1 heterocycles. The number of aromatic carboxylic acids is 1. The number of hydrogen-bond acceptors (Lipinski definition) is 3. The first kappa shape index (κ1) is 13.3. The Morgan fingerprint density at radius 1 is 1.53 bits per heavy atom. The molecule has 1 aromatic rings. The number of carboxylic acids is 1. The average Bonchev–Trinajstić information content (AvgIpc) is 2.14. The predicted molar refractivity (Wildman–Crippen MR) is 52.1 cm³/mol. The van der Waals surface area contributed by atoms with Crippen LogP contribution in [-0.2, 0) is 0 Å². The van der Waals surface area contributed by atoms with Crippen molar-refractivity contribution < 1.29 is 27.8 Å². The van der Waals surface area contributed by atoms with Crippen LogP contribution in [-0.4, -0.2) is 28.8 Å². The van der Waals surface area contributed by atoms with Gasteiger partial charge in [0.25, 0.3) is 0 Å². The summed E-state index contributed by atoms with van der Waals surface area (Å²) in [5.41, 5.74) is 0.171. The van der Waals surface area contributed by atoms with Gasteiger partial charge in [-0.15, -0.1) is 0 Å². The van der Waals surface area contributed by atoms with Crippen molar-refractivity contribution in [3.63, 3.8) is 0 Å². The summed E-state index contributed by atoms with van der Waals surface area (Å²) in [6, 6.07) is 1.44. The summed E-state index contributed by atoms with van der Waals surface area (Å²) in [5.74, 6) is -1.57. The van der Waals surface area contributed by atoms with Crippen molar-refractivity contribution in [1.82, 2.24) is 4.98 Å². The maximum absolute atomic E-state index is 11.9. The van der Waals surface area contributed by atoms with E-state index in [1.807, 2.05) is 0 Å². The van der Waals surface area contributed by atoms with Crippen LogP contribution in [0.25, 0.3) is 0 Å². The fraction of sp³-hybridized carbons (Fsp3) is 0.400. The number of carboxylic acid groups (broad SMARTS) is 1. The predicted octanol–water partition coefficient (Wildman–Crippen LogP) is 2.42. The third-order valence-corrected chi connectivity index (χ3v) is 1.96. The molecule has 0 amide bonds. The molecule has 0 unspecified atom stereocenters. The van der Waals surface area contributed by atoms with Gasteiger partial charge in [-0.3, -0.25) is 0 Å². The molecule has 0 bridgehead atoms. The van der Waals surface area contributed by atoms with Gasteiger partial charge in [0.15, 0.2) is 0 Å². The Labute approximate surface area is 95.0 Å². The lowest BCUT2D eigenvalue weighted by Crippen LogP contribution is -2.15. The molecular weight excluding hydrogens is 239 g/mol. The van der Waals surface area contributed by atoms with Gasteiger partial charge in [0, 0.05) is 6.20 Å². The Morgan fingerprint density at radius 2 is 2.18 bits per heavy atom. The lowest BCUT2D eigenvalue weighted by atomic mass is 10.1. The maximum Gasteiger partial charge on any atom is 0.392 e. The van der Waals surface area contributed by atoms with E-state index in [1.54, 1.807) is 0 Å². The molecule has 0 saturated heterocycles. The summed E-state index contributed by atoms with van der Waals surface area (Å²) < 4.78 is 40.4. The molecule has 4 nitrogen and oxygen atoms in total. The molecule has 7 heteroatoms. The Hall–Kier alpha value is -1.79. The third-order valence-electron chi connectivity index (χ3n) is 1.96. The average molecular weight is 249 g/mol. The molecule has 1 aromatic heterocycles. The van der Waals surface area contributed by atoms with E-state index in [0.29, 0.717) is 5.56 Å². The van der Waals surface area contributed by atoms with Crippen LogP contribution in [0.1, 0.15) is 22.3 Å². The summed E-state index contributed by atoms with van der Waals surface area (Å²) in [5, 5.41) is 8.86. The number of hydrogen-bond donors (Lipinski definition) is 1. The van der Waals surface area contributed by atoms with Crippen molar-refractivity contribution in [3.8, 4) is 5.88 Å². The highest BCUT2D eigenvalue weighted by atomic mass is 19.4. The number of alkyl halides is 3. The smallest absolute Gasteiger partial charge is 0.392 e. The number of ether oxygens (including phenoxy) is 1. The van der Waals surface area contributed by atoms with E-state index in [-0.39, 0.29) is 11.4 Å². The topological polar surface area (TPSA) is 59.4 Å². The summed E-state index contributed by atoms with van der Waals surface area (Å²) in [7, 11) is 0. The van der Waals surface area contributed by atoms with Gasteiger partial charge in [-0.2, -0.15) is 13.2 Å². The second-order valence-corrected chi connectivity index (χ2v) is 3.33. The summed E-state index contributed by atoms with van der Waals surface area (Å²) in [6.07, 6.45) is -4.21. The number of pyridine rings is 1. The largest absolute Gasteiger partial charge is 0.477 e. The minimum atomic E-state index is -4.34. The van der Waals surface area contributed by atoms with E-state index in [4.69, 9.17) is 9.84 Å². The highest BCUT2D eigenvalue weighted by Crippen LogP contribution is 2.22. The molecule has 1 rings (SSSR count). The van der Waals surface area contributed by atoms with Crippen molar-refractivity contribution in [2.45, 2.75) is 19.5 Å². The Bertz CT molecular complexity index is 418. The van der Waals surface area contributed by atoms with Gasteiger partial charge < -0.3 is 9.84 Å². The van der Waals surface area contributed by atoms with E-state index >= 15 is 0 Å². The number of carbonyl (C=O) groups is 1. The summed E-state index contributed by atoms with van der Waals surface area (Å²) in [4.78, 5) is 14.5. The normalized spacial score (nSPS) is 11.3. The number of nitrogens with zero attached hydrogens (tertiary/aromatic N) is 1. The van der Waals surface area contributed by atoms with E-state index in [1.165, 1.54) is 19.2 Å². The second kappa shape index (κ2) is 5.03. The Kier molecular flexibility index (Phi) is 3.93. The van der Waals surface area contributed by atoms with E-state index < -0.39 is 25.2 Å². The van der Waals surface area contributed by atoms with E-state index in [2.05, 4.69) is 4.98 Å². The van der Waals surface area contributed by atoms with Gasteiger partial charge in [-0.05, 0) is 18.6 Å². The van der Waals surface area contributed by atoms with Crippen molar-refractivity contribution in [3.05, 3.63) is 23.4 Å². The van der Waals surface area contributed by atoms with Crippen molar-refractivity contribution in [1.29, 1.82) is 0 Å². The number of aromatic nitrogens is 1. The van der Waals surface area contributed by atoms with Crippen molar-refractivity contribution in [2.24, 2.45) is 0 Å². The molecule has 0 fully saturated rings. The van der Waals surface area contributed by atoms with Gasteiger partial charge in [-0.1, -0.05) is 0 Å². The highest BCUT2D eigenvalue weighted by Gasteiger charge is 2.27. The number of rotatable bonds is 4. The molecule has 94 valence electrons. The van der Waals surface area contributed by atoms with Gasteiger partial charge in [0.1, 0.15) is 5.56 Å². The SMILES string of the molecule is Cc1ccnc(OCCC(F)(F)F)c1C(=O)O. The zero-order valence-electron chi connectivity index (χ0n) is 8.91. The van der Waals surface area contributed by atoms with Crippen molar-refractivity contribution >= 4 is 5.97 Å². The van der Waals surface area contributed by atoms with Crippen LogP contribution < -0.4 is 4.74 Å². The third kappa shape index (κ3) is 3.93. The quantitative estimate of drug-likeness (QED) is 0.890. The van der Waals surface area contributed by atoms with Crippen LogP contribution in [0.5, 0.6) is 5.88 Å². The maximum atomic E-state index is 11.9. The Balaban J connectivity index is 2.78. The first-order valence-corrected chi connectivity index (χ1v) is 4.69. The summed E-state index contributed by atoms with van der Waals surface area (Å²) in [6.45, 7) is 0.863. The minimum absolute atomic E-state index is 0.213. The zero-order valence-corrected chi connectivity index (χ0v) is 8.91. The minimum Gasteiger partial charge on any atom is -0.477 e.